The molecule has 1 N–H and O–H groups in total. The van der Waals surface area contributed by atoms with E-state index in [4.69, 9.17) is 9.47 Å². The quantitative estimate of drug-likeness (QED) is 0.896. The molecular weight excluding hydrogens is 330 g/mol. The zero-order chi connectivity index (χ0) is 17.9. The van der Waals surface area contributed by atoms with Crippen LogP contribution in [0.25, 0.3) is 0 Å². The molecule has 0 radical (unpaired) electrons. The minimum Gasteiger partial charge on any atom is -0.497 e. The van der Waals surface area contributed by atoms with Crippen LogP contribution in [0.4, 0.5) is 0 Å². The van der Waals surface area contributed by atoms with Gasteiger partial charge in [-0.15, -0.1) is 0 Å². The van der Waals surface area contributed by atoms with Crippen LogP contribution >= 0.6 is 0 Å². The molecule has 1 aromatic carbocycles. The Kier molecular flexibility index (Phi) is 4.82. The van der Waals surface area contributed by atoms with Crippen molar-refractivity contribution >= 4 is 5.91 Å². The van der Waals surface area contributed by atoms with Crippen LogP contribution in [0, 0.1) is 5.92 Å². The number of aromatic amines is 1. The second kappa shape index (κ2) is 7.40. The molecule has 0 saturated carbocycles. The second-order valence-electron chi connectivity index (χ2n) is 7.13. The monoisotopic (exact) mass is 355 g/mol. The molecule has 1 aromatic heterocycles. The third-order valence-corrected chi connectivity index (χ3v) is 5.34. The van der Waals surface area contributed by atoms with E-state index in [1.807, 2.05) is 29.2 Å². The van der Waals surface area contributed by atoms with Crippen molar-refractivity contribution in [2.75, 3.05) is 26.8 Å². The van der Waals surface area contributed by atoms with E-state index in [1.165, 1.54) is 0 Å². The molecule has 1 fully saturated rings. The van der Waals surface area contributed by atoms with E-state index in [0.717, 1.165) is 68.0 Å². The topological polar surface area (TPSA) is 67.5 Å². The first kappa shape index (κ1) is 16.9. The van der Waals surface area contributed by atoms with Crippen molar-refractivity contribution in [1.82, 2.24) is 15.1 Å². The highest BCUT2D eigenvalue weighted by Crippen LogP contribution is 2.26. The van der Waals surface area contributed by atoms with E-state index in [-0.39, 0.29) is 5.91 Å². The minimum absolute atomic E-state index is 0.0653. The highest BCUT2D eigenvalue weighted by Gasteiger charge is 2.30. The summed E-state index contributed by atoms with van der Waals surface area (Å²) >= 11 is 0. The molecule has 1 amide bonds. The summed E-state index contributed by atoms with van der Waals surface area (Å²) in [6.45, 7) is 2.14. The lowest BCUT2D eigenvalue weighted by atomic mass is 9.98. The van der Waals surface area contributed by atoms with Crippen LogP contribution in [0.15, 0.2) is 24.3 Å². The number of likely N-dealkylation sites (tertiary alicyclic amines) is 1. The summed E-state index contributed by atoms with van der Waals surface area (Å²) < 4.78 is 11.2. The lowest BCUT2D eigenvalue weighted by Gasteiger charge is -2.32. The summed E-state index contributed by atoms with van der Waals surface area (Å²) in [5, 5.41) is 7.33. The molecule has 1 atom stereocenters. The number of rotatable bonds is 5. The number of hydrogen-bond acceptors (Lipinski definition) is 4. The highest BCUT2D eigenvalue weighted by atomic mass is 16.5. The molecule has 26 heavy (non-hydrogen) atoms. The summed E-state index contributed by atoms with van der Waals surface area (Å²) in [6, 6.07) is 7.64. The Morgan fingerprint density at radius 1 is 1.31 bits per heavy atom. The number of aromatic nitrogens is 2. The fraction of sp³-hybridized carbons (Fsp3) is 0.500. The molecule has 2 aliphatic rings. The van der Waals surface area contributed by atoms with Gasteiger partial charge in [0.2, 0.25) is 0 Å². The van der Waals surface area contributed by atoms with Gasteiger partial charge in [0.25, 0.3) is 5.91 Å². The first-order valence-electron chi connectivity index (χ1n) is 9.37. The molecule has 0 spiro atoms. The van der Waals surface area contributed by atoms with Gasteiger partial charge >= 0.3 is 0 Å². The number of benzene rings is 1. The van der Waals surface area contributed by atoms with E-state index < -0.39 is 0 Å². The summed E-state index contributed by atoms with van der Waals surface area (Å²) in [5.74, 6) is 2.00. The van der Waals surface area contributed by atoms with E-state index in [1.54, 1.807) is 7.11 Å². The Labute approximate surface area is 153 Å². The number of carbonyl (C=O) groups is 1. The Bertz CT molecular complexity index is 786. The van der Waals surface area contributed by atoms with Crippen LogP contribution in [0.3, 0.4) is 0 Å². The van der Waals surface area contributed by atoms with E-state index >= 15 is 0 Å². The van der Waals surface area contributed by atoms with Gasteiger partial charge in [-0.2, -0.15) is 5.10 Å². The van der Waals surface area contributed by atoms with Crippen LogP contribution < -0.4 is 9.47 Å². The summed E-state index contributed by atoms with van der Waals surface area (Å²) in [4.78, 5) is 14.9. The Morgan fingerprint density at radius 2 is 2.19 bits per heavy atom. The molecule has 6 heteroatoms. The van der Waals surface area contributed by atoms with Crippen LogP contribution in [0.5, 0.6) is 11.5 Å². The van der Waals surface area contributed by atoms with Crippen LogP contribution in [-0.2, 0) is 12.8 Å². The van der Waals surface area contributed by atoms with Gasteiger partial charge in [-0.3, -0.25) is 9.89 Å². The fourth-order valence-electron chi connectivity index (χ4n) is 3.94. The number of aryl methyl sites for hydroxylation is 1. The van der Waals surface area contributed by atoms with Gasteiger partial charge < -0.3 is 14.4 Å². The zero-order valence-corrected chi connectivity index (χ0v) is 15.2. The number of ether oxygens (including phenoxy) is 2. The molecule has 4 rings (SSSR count). The van der Waals surface area contributed by atoms with Crippen molar-refractivity contribution in [2.24, 2.45) is 5.92 Å². The molecule has 0 unspecified atom stereocenters. The maximum atomic E-state index is 12.9. The summed E-state index contributed by atoms with van der Waals surface area (Å²) in [7, 11) is 1.65. The number of carbonyl (C=O) groups excluding carboxylic acids is 1. The molecule has 1 aliphatic heterocycles. The molecular formula is C20H25N3O3. The SMILES string of the molecule is COc1cccc(OC[C@@H]2CCCN(C(=O)c3n[nH]c4c3CCC4)C2)c1. The van der Waals surface area contributed by atoms with Crippen molar-refractivity contribution in [2.45, 2.75) is 32.1 Å². The molecule has 2 aromatic rings. The van der Waals surface area contributed by atoms with Gasteiger partial charge in [0, 0.05) is 36.3 Å². The first-order chi connectivity index (χ1) is 12.7. The van der Waals surface area contributed by atoms with E-state index in [2.05, 4.69) is 10.2 Å². The smallest absolute Gasteiger partial charge is 0.274 e. The maximum Gasteiger partial charge on any atom is 0.274 e. The van der Waals surface area contributed by atoms with Gasteiger partial charge in [0.15, 0.2) is 5.69 Å². The van der Waals surface area contributed by atoms with Crippen LogP contribution in [0.1, 0.15) is 41.0 Å². The number of hydrogen-bond donors (Lipinski definition) is 1. The zero-order valence-electron chi connectivity index (χ0n) is 15.2. The summed E-state index contributed by atoms with van der Waals surface area (Å²) in [5.41, 5.74) is 2.90. The molecule has 2 heterocycles. The number of amides is 1. The molecule has 6 nitrogen and oxygen atoms in total. The lowest BCUT2D eigenvalue weighted by molar-refractivity contribution is 0.0626. The van der Waals surface area contributed by atoms with Crippen molar-refractivity contribution in [3.05, 3.63) is 41.2 Å². The Hall–Kier alpha value is -2.50. The normalized spacial score (nSPS) is 19.3. The molecule has 138 valence electrons. The number of methoxy groups -OCH3 is 1. The van der Waals surface area contributed by atoms with Crippen molar-refractivity contribution in [1.29, 1.82) is 0 Å². The van der Waals surface area contributed by atoms with Gasteiger partial charge in [-0.1, -0.05) is 6.07 Å². The maximum absolute atomic E-state index is 12.9. The molecule has 0 bridgehead atoms. The van der Waals surface area contributed by atoms with Crippen LogP contribution in [0.2, 0.25) is 0 Å². The predicted molar refractivity (Wildman–Crippen MR) is 97.7 cm³/mol. The van der Waals surface area contributed by atoms with Crippen LogP contribution in [-0.4, -0.2) is 47.8 Å². The molecule has 1 aliphatic carbocycles. The minimum atomic E-state index is 0.0653. The standard InChI is InChI=1S/C20H25N3O3/c1-25-15-6-2-7-16(11-15)26-13-14-5-4-10-23(12-14)20(24)19-17-8-3-9-18(17)21-22-19/h2,6-7,11,14H,3-5,8-10,12-13H2,1H3,(H,21,22)/t14-/m1/s1. The fourth-order valence-corrected chi connectivity index (χ4v) is 3.94. The first-order valence-corrected chi connectivity index (χ1v) is 9.37. The van der Waals surface area contributed by atoms with Crippen molar-refractivity contribution in [3.63, 3.8) is 0 Å². The van der Waals surface area contributed by atoms with Gasteiger partial charge in [-0.25, -0.2) is 0 Å². The Morgan fingerprint density at radius 3 is 3.08 bits per heavy atom. The third kappa shape index (κ3) is 3.41. The Balaban J connectivity index is 1.37. The lowest BCUT2D eigenvalue weighted by Crippen LogP contribution is -2.42. The van der Waals surface area contributed by atoms with Crippen molar-refractivity contribution < 1.29 is 14.3 Å². The average molecular weight is 355 g/mol. The highest BCUT2D eigenvalue weighted by molar-refractivity contribution is 5.94. The van der Waals surface area contributed by atoms with Gasteiger partial charge in [-0.05, 0) is 44.2 Å². The van der Waals surface area contributed by atoms with E-state index in [0.29, 0.717) is 18.2 Å². The van der Waals surface area contributed by atoms with E-state index in [9.17, 15) is 4.79 Å². The summed E-state index contributed by atoms with van der Waals surface area (Å²) in [6.07, 6.45) is 5.16. The number of nitrogens with zero attached hydrogens (tertiary/aromatic N) is 2. The number of fused-ring (bicyclic) bond motifs is 1. The largest absolute Gasteiger partial charge is 0.497 e. The van der Waals surface area contributed by atoms with Gasteiger partial charge in [0.05, 0.1) is 13.7 Å². The predicted octanol–water partition coefficient (Wildman–Crippen LogP) is 2.84. The average Bonchev–Trinajstić information content (AvgIpc) is 3.30. The number of piperidine rings is 1. The molecule has 1 saturated heterocycles. The third-order valence-electron chi connectivity index (χ3n) is 5.34. The van der Waals surface area contributed by atoms with Crippen molar-refractivity contribution in [3.8, 4) is 11.5 Å². The number of nitrogens with one attached hydrogen (secondary N) is 1. The second-order valence-corrected chi connectivity index (χ2v) is 7.13. The van der Waals surface area contributed by atoms with Gasteiger partial charge in [0.1, 0.15) is 11.5 Å². The number of H-pyrrole nitrogens is 1.